The Morgan fingerprint density at radius 3 is 1.86 bits per heavy atom. The molecule has 0 radical (unpaired) electrons. The molecule has 2 N–H and O–H groups in total. The maximum absolute atomic E-state index is 6.31. The Morgan fingerprint density at radius 2 is 1.43 bits per heavy atom. The van der Waals surface area contributed by atoms with Gasteiger partial charge < -0.3 is 10.6 Å². The summed E-state index contributed by atoms with van der Waals surface area (Å²) < 4.78 is 0. The van der Waals surface area contributed by atoms with Crippen LogP contribution in [0, 0.1) is 17.8 Å². The fourth-order valence-corrected chi connectivity index (χ4v) is 4.83. The minimum absolute atomic E-state index is 0.0561. The molecular weight excluding hydrogens is 256 g/mol. The summed E-state index contributed by atoms with van der Waals surface area (Å²) in [6.07, 6.45) is 3.58. The molecule has 1 saturated carbocycles. The molecule has 0 aromatic heterocycles. The molecule has 2 nitrogen and oxygen atoms in total. The van der Waals surface area contributed by atoms with Crippen LogP contribution in [-0.4, -0.2) is 19.1 Å². The second-order valence-corrected chi connectivity index (χ2v) is 8.68. The highest BCUT2D eigenvalue weighted by Gasteiger charge is 2.48. The largest absolute Gasteiger partial charge is 0.368 e. The quantitative estimate of drug-likeness (QED) is 0.895. The zero-order valence-corrected chi connectivity index (χ0v) is 14.7. The highest BCUT2D eigenvalue weighted by Crippen LogP contribution is 2.52. The van der Waals surface area contributed by atoms with Crippen LogP contribution in [0.15, 0.2) is 24.3 Å². The number of likely N-dealkylation sites (N-methyl/N-ethyl adjacent to an activating group) is 1. The van der Waals surface area contributed by atoms with E-state index in [1.165, 1.54) is 17.7 Å². The Bertz CT molecular complexity index is 469. The van der Waals surface area contributed by atoms with Gasteiger partial charge in [0, 0.05) is 19.3 Å². The molecule has 1 fully saturated rings. The molecule has 21 heavy (non-hydrogen) atoms. The molecule has 0 aliphatic heterocycles. The molecule has 0 amide bonds. The van der Waals surface area contributed by atoms with Crippen LogP contribution in [0.2, 0.25) is 0 Å². The standard InChI is InChI=1S/C19H32N2/c1-15-7-9-16(10-8-15)21(6)19(14-20)12-17(2,3)11-18(4,5)13-19/h7-10H,11-14,20H2,1-6H3. The van der Waals surface area contributed by atoms with E-state index in [0.717, 1.165) is 12.8 Å². The van der Waals surface area contributed by atoms with Crippen molar-refractivity contribution in [1.82, 2.24) is 0 Å². The molecule has 0 bridgehead atoms. The second-order valence-electron chi connectivity index (χ2n) is 8.68. The Morgan fingerprint density at radius 1 is 0.952 bits per heavy atom. The van der Waals surface area contributed by atoms with Gasteiger partial charge in [0.15, 0.2) is 0 Å². The van der Waals surface area contributed by atoms with Crippen LogP contribution in [-0.2, 0) is 0 Å². The van der Waals surface area contributed by atoms with Crippen molar-refractivity contribution in [3.63, 3.8) is 0 Å². The number of aryl methyl sites for hydroxylation is 1. The first-order chi connectivity index (χ1) is 9.59. The van der Waals surface area contributed by atoms with Crippen LogP contribution < -0.4 is 10.6 Å². The van der Waals surface area contributed by atoms with Crippen molar-refractivity contribution >= 4 is 5.69 Å². The first kappa shape index (κ1) is 16.4. The van der Waals surface area contributed by atoms with E-state index in [2.05, 4.69) is 70.8 Å². The lowest BCUT2D eigenvalue weighted by Gasteiger charge is -2.56. The monoisotopic (exact) mass is 288 g/mol. The smallest absolute Gasteiger partial charge is 0.0531 e. The number of hydrogen-bond acceptors (Lipinski definition) is 2. The molecule has 0 unspecified atom stereocenters. The third-order valence-electron chi connectivity index (χ3n) is 5.09. The van der Waals surface area contributed by atoms with E-state index in [1.807, 2.05) is 0 Å². The predicted octanol–water partition coefficient (Wildman–Crippen LogP) is 4.37. The molecule has 0 spiro atoms. The van der Waals surface area contributed by atoms with Gasteiger partial charge in [0.2, 0.25) is 0 Å². The number of benzene rings is 1. The first-order valence-corrected chi connectivity index (χ1v) is 8.10. The highest BCUT2D eigenvalue weighted by atomic mass is 15.2. The van der Waals surface area contributed by atoms with Gasteiger partial charge in [-0.15, -0.1) is 0 Å². The van der Waals surface area contributed by atoms with E-state index < -0.39 is 0 Å². The van der Waals surface area contributed by atoms with Crippen LogP contribution in [0.25, 0.3) is 0 Å². The van der Waals surface area contributed by atoms with Crippen LogP contribution in [0.3, 0.4) is 0 Å². The van der Waals surface area contributed by atoms with Crippen LogP contribution in [0.4, 0.5) is 5.69 Å². The molecule has 1 aromatic carbocycles. The fraction of sp³-hybridized carbons (Fsp3) is 0.684. The molecular formula is C19H32N2. The number of hydrogen-bond donors (Lipinski definition) is 1. The molecule has 2 rings (SSSR count). The molecule has 2 heteroatoms. The average Bonchev–Trinajstić information content (AvgIpc) is 2.35. The molecule has 0 atom stereocenters. The zero-order chi connectivity index (χ0) is 15.9. The lowest BCUT2D eigenvalue weighted by atomic mass is 9.58. The normalized spacial score (nSPS) is 22.8. The Kier molecular flexibility index (Phi) is 4.14. The Balaban J connectivity index is 2.38. The van der Waals surface area contributed by atoms with Gasteiger partial charge in [-0.1, -0.05) is 45.4 Å². The average molecular weight is 288 g/mol. The van der Waals surface area contributed by atoms with Crippen molar-refractivity contribution in [1.29, 1.82) is 0 Å². The van der Waals surface area contributed by atoms with E-state index in [4.69, 9.17) is 5.73 Å². The van der Waals surface area contributed by atoms with Gasteiger partial charge in [0.05, 0.1) is 5.54 Å². The summed E-state index contributed by atoms with van der Waals surface area (Å²) in [5.74, 6) is 0. The van der Waals surface area contributed by atoms with E-state index in [9.17, 15) is 0 Å². The van der Waals surface area contributed by atoms with Gasteiger partial charge in [-0.2, -0.15) is 0 Å². The van der Waals surface area contributed by atoms with Crippen LogP contribution in [0.5, 0.6) is 0 Å². The van der Waals surface area contributed by atoms with E-state index in [1.54, 1.807) is 0 Å². The number of anilines is 1. The van der Waals surface area contributed by atoms with Gasteiger partial charge in [-0.05, 0) is 49.1 Å². The maximum atomic E-state index is 6.31. The molecule has 1 aliphatic carbocycles. The third-order valence-corrected chi connectivity index (χ3v) is 5.09. The van der Waals surface area contributed by atoms with E-state index in [-0.39, 0.29) is 5.54 Å². The van der Waals surface area contributed by atoms with Gasteiger partial charge in [-0.25, -0.2) is 0 Å². The predicted molar refractivity (Wildman–Crippen MR) is 92.8 cm³/mol. The first-order valence-electron chi connectivity index (χ1n) is 8.10. The maximum Gasteiger partial charge on any atom is 0.0531 e. The summed E-state index contributed by atoms with van der Waals surface area (Å²) in [6.45, 7) is 12.4. The Hall–Kier alpha value is -1.02. The van der Waals surface area contributed by atoms with E-state index >= 15 is 0 Å². The molecule has 1 aliphatic rings. The lowest BCUT2D eigenvalue weighted by molar-refractivity contribution is 0.0500. The highest BCUT2D eigenvalue weighted by molar-refractivity contribution is 5.50. The van der Waals surface area contributed by atoms with Crippen molar-refractivity contribution in [2.24, 2.45) is 16.6 Å². The van der Waals surface area contributed by atoms with Gasteiger partial charge >= 0.3 is 0 Å². The molecule has 0 heterocycles. The number of rotatable bonds is 3. The summed E-state index contributed by atoms with van der Waals surface area (Å²) in [5, 5.41) is 0. The summed E-state index contributed by atoms with van der Waals surface area (Å²) >= 11 is 0. The van der Waals surface area contributed by atoms with Crippen LogP contribution >= 0.6 is 0 Å². The second kappa shape index (κ2) is 5.31. The van der Waals surface area contributed by atoms with Crippen molar-refractivity contribution in [3.8, 4) is 0 Å². The Labute approximate surface area is 130 Å². The minimum Gasteiger partial charge on any atom is -0.368 e. The summed E-state index contributed by atoms with van der Waals surface area (Å²) in [6, 6.07) is 8.83. The van der Waals surface area contributed by atoms with Crippen molar-refractivity contribution in [2.75, 3.05) is 18.5 Å². The van der Waals surface area contributed by atoms with Gasteiger partial charge in [0.25, 0.3) is 0 Å². The molecule has 118 valence electrons. The van der Waals surface area contributed by atoms with Gasteiger partial charge in [0.1, 0.15) is 0 Å². The lowest BCUT2D eigenvalue weighted by Crippen LogP contribution is -2.60. The third kappa shape index (κ3) is 3.42. The topological polar surface area (TPSA) is 29.3 Å². The number of nitrogens with zero attached hydrogens (tertiary/aromatic N) is 1. The van der Waals surface area contributed by atoms with Crippen molar-refractivity contribution in [2.45, 2.75) is 59.4 Å². The van der Waals surface area contributed by atoms with E-state index in [0.29, 0.717) is 17.4 Å². The zero-order valence-electron chi connectivity index (χ0n) is 14.7. The fourth-order valence-electron chi connectivity index (χ4n) is 4.83. The SMILES string of the molecule is Cc1ccc(N(C)C2(CN)CC(C)(C)CC(C)(C)C2)cc1. The van der Waals surface area contributed by atoms with Crippen LogP contribution in [0.1, 0.15) is 52.5 Å². The summed E-state index contributed by atoms with van der Waals surface area (Å²) in [5.41, 5.74) is 9.61. The summed E-state index contributed by atoms with van der Waals surface area (Å²) in [7, 11) is 2.22. The van der Waals surface area contributed by atoms with Crippen molar-refractivity contribution < 1.29 is 0 Å². The summed E-state index contributed by atoms with van der Waals surface area (Å²) in [4.78, 5) is 2.44. The molecule has 0 saturated heterocycles. The van der Waals surface area contributed by atoms with Gasteiger partial charge in [-0.3, -0.25) is 0 Å². The number of nitrogens with two attached hydrogens (primary N) is 1. The van der Waals surface area contributed by atoms with Crippen molar-refractivity contribution in [3.05, 3.63) is 29.8 Å². The minimum atomic E-state index is 0.0561. The molecule has 1 aromatic rings.